The van der Waals surface area contributed by atoms with Crippen molar-refractivity contribution < 1.29 is 17.3 Å². The number of anilines is 1. The van der Waals surface area contributed by atoms with Gasteiger partial charge in [-0.3, -0.25) is 4.72 Å². The molecule has 36 heavy (non-hydrogen) atoms. The van der Waals surface area contributed by atoms with E-state index in [9.17, 15) is 12.8 Å². The van der Waals surface area contributed by atoms with Gasteiger partial charge in [0.1, 0.15) is 5.82 Å². The smallest absolute Gasteiger partial charge is 0.261 e. The third-order valence-corrected chi connectivity index (χ3v) is 7.52. The molecule has 0 fully saturated rings. The van der Waals surface area contributed by atoms with E-state index in [0.717, 1.165) is 41.6 Å². The molecule has 6 nitrogen and oxygen atoms in total. The Labute approximate surface area is 212 Å². The number of nitrogens with one attached hydrogen (secondary N) is 1. The molecular formula is C28H32FN3O3S. The summed E-state index contributed by atoms with van der Waals surface area (Å²) in [5, 5.41) is 4.92. The highest BCUT2D eigenvalue weighted by Crippen LogP contribution is 2.25. The zero-order valence-corrected chi connectivity index (χ0v) is 21.9. The molecule has 0 unspecified atom stereocenters. The zero-order valence-electron chi connectivity index (χ0n) is 21.1. The van der Waals surface area contributed by atoms with Crippen molar-refractivity contribution in [2.75, 3.05) is 18.3 Å². The minimum Gasteiger partial charge on any atom is -0.356 e. The number of fused-ring (bicyclic) bond motifs is 1. The molecule has 1 N–H and O–H groups in total. The summed E-state index contributed by atoms with van der Waals surface area (Å²) >= 11 is 0. The number of rotatable bonds is 9. The van der Waals surface area contributed by atoms with Crippen molar-refractivity contribution in [2.45, 2.75) is 50.5 Å². The molecule has 8 heteroatoms. The molecule has 0 bridgehead atoms. The highest BCUT2D eigenvalue weighted by molar-refractivity contribution is 7.92. The Morgan fingerprint density at radius 1 is 1.03 bits per heavy atom. The van der Waals surface area contributed by atoms with E-state index >= 15 is 0 Å². The average molecular weight is 510 g/mol. The first kappa shape index (κ1) is 25.9. The minimum absolute atomic E-state index is 0.0433. The molecule has 0 saturated carbocycles. The van der Waals surface area contributed by atoms with Crippen molar-refractivity contribution in [3.63, 3.8) is 0 Å². The molecule has 4 aromatic rings. The molecule has 3 aromatic carbocycles. The molecule has 4 rings (SSSR count). The first-order valence-corrected chi connectivity index (χ1v) is 13.4. The summed E-state index contributed by atoms with van der Waals surface area (Å²) in [5.41, 5.74) is 3.86. The summed E-state index contributed by atoms with van der Waals surface area (Å²) in [5.74, 6) is -0.340. The maximum Gasteiger partial charge on any atom is 0.261 e. The lowest BCUT2D eigenvalue weighted by atomic mass is 9.87. The molecule has 190 valence electrons. The lowest BCUT2D eigenvalue weighted by Crippen LogP contribution is -2.20. The molecule has 0 spiro atoms. The molecule has 1 heterocycles. The van der Waals surface area contributed by atoms with Gasteiger partial charge in [-0.05, 0) is 79.4 Å². The highest BCUT2D eigenvalue weighted by Gasteiger charge is 2.18. The summed E-state index contributed by atoms with van der Waals surface area (Å²) in [6.45, 7) is 7.76. The van der Waals surface area contributed by atoms with Crippen LogP contribution in [0.5, 0.6) is 0 Å². The number of benzene rings is 3. The van der Waals surface area contributed by atoms with Gasteiger partial charge >= 0.3 is 0 Å². The van der Waals surface area contributed by atoms with Crippen LogP contribution in [0.3, 0.4) is 0 Å². The Balaban J connectivity index is 1.34. The van der Waals surface area contributed by atoms with E-state index in [0.29, 0.717) is 17.8 Å². The van der Waals surface area contributed by atoms with Gasteiger partial charge in [0.15, 0.2) is 5.58 Å². The third kappa shape index (κ3) is 6.30. The fourth-order valence-corrected chi connectivity index (χ4v) is 5.18. The molecule has 0 atom stereocenters. The van der Waals surface area contributed by atoms with E-state index in [1.165, 1.54) is 12.1 Å². The monoisotopic (exact) mass is 509 g/mol. The Morgan fingerprint density at radius 2 is 1.78 bits per heavy atom. The number of halogens is 1. The van der Waals surface area contributed by atoms with Crippen molar-refractivity contribution in [1.82, 2.24) is 10.1 Å². The topological polar surface area (TPSA) is 75.4 Å². The summed E-state index contributed by atoms with van der Waals surface area (Å²) in [7, 11) is -1.67. The number of aromatic nitrogens is 1. The molecule has 0 aliphatic heterocycles. The fraction of sp³-hybridized carbons (Fsp3) is 0.321. The summed E-state index contributed by atoms with van der Waals surface area (Å²) < 4.78 is 47.1. The Bertz CT molecular complexity index is 1440. The SMILES string of the molecule is CN(CCCc1noc2cc(F)ccc12)Cc1cccc(NS(=O)(=O)c2ccc(C(C)(C)C)cc2)c1. The van der Waals surface area contributed by atoms with E-state index in [4.69, 9.17) is 4.52 Å². The van der Waals surface area contributed by atoms with Gasteiger partial charge in [0.2, 0.25) is 0 Å². The number of nitrogens with zero attached hydrogens (tertiary/aromatic N) is 2. The van der Waals surface area contributed by atoms with Gasteiger partial charge in [-0.2, -0.15) is 0 Å². The fourth-order valence-electron chi connectivity index (χ4n) is 4.13. The molecule has 1 aromatic heterocycles. The number of aryl methyl sites for hydroxylation is 1. The maximum absolute atomic E-state index is 13.3. The van der Waals surface area contributed by atoms with E-state index < -0.39 is 10.0 Å². The normalized spacial score (nSPS) is 12.4. The van der Waals surface area contributed by atoms with Crippen LogP contribution < -0.4 is 4.72 Å². The molecule has 0 amide bonds. The van der Waals surface area contributed by atoms with Gasteiger partial charge in [-0.1, -0.05) is 50.2 Å². The van der Waals surface area contributed by atoms with Crippen molar-refractivity contribution in [3.8, 4) is 0 Å². The largest absolute Gasteiger partial charge is 0.356 e. The lowest BCUT2D eigenvalue weighted by Gasteiger charge is -2.19. The summed E-state index contributed by atoms with van der Waals surface area (Å²) in [4.78, 5) is 2.40. The quantitative estimate of drug-likeness (QED) is 0.294. The second-order valence-corrected chi connectivity index (χ2v) is 11.9. The molecule has 0 radical (unpaired) electrons. The second kappa shape index (κ2) is 10.4. The van der Waals surface area contributed by atoms with Crippen LogP contribution in [0, 0.1) is 5.82 Å². The van der Waals surface area contributed by atoms with Gasteiger partial charge in [0.25, 0.3) is 10.0 Å². The van der Waals surface area contributed by atoms with E-state index in [1.54, 1.807) is 24.3 Å². The second-order valence-electron chi connectivity index (χ2n) is 10.2. The van der Waals surface area contributed by atoms with Gasteiger partial charge in [-0.15, -0.1) is 0 Å². The van der Waals surface area contributed by atoms with Crippen molar-refractivity contribution >= 4 is 26.7 Å². The third-order valence-electron chi connectivity index (χ3n) is 6.12. The van der Waals surface area contributed by atoms with Crippen LogP contribution in [0.25, 0.3) is 11.0 Å². The van der Waals surface area contributed by atoms with Crippen LogP contribution in [0.15, 0.2) is 76.1 Å². The van der Waals surface area contributed by atoms with Gasteiger partial charge in [0, 0.05) is 23.7 Å². The summed E-state index contributed by atoms with van der Waals surface area (Å²) in [6.07, 6.45) is 1.57. The maximum atomic E-state index is 13.3. The predicted octanol–water partition coefficient (Wildman–Crippen LogP) is 6.13. The van der Waals surface area contributed by atoms with Crippen molar-refractivity contribution in [1.29, 1.82) is 0 Å². The lowest BCUT2D eigenvalue weighted by molar-refractivity contribution is 0.320. The highest BCUT2D eigenvalue weighted by atomic mass is 32.2. The van der Waals surface area contributed by atoms with E-state index in [2.05, 4.69) is 35.5 Å². The van der Waals surface area contributed by atoms with E-state index in [-0.39, 0.29) is 16.1 Å². The van der Waals surface area contributed by atoms with Gasteiger partial charge in [-0.25, -0.2) is 12.8 Å². The standard InChI is InChI=1S/C28H32FN3O3S/c1-28(2,3)21-10-13-24(14-11-21)36(33,34)31-23-8-5-7-20(17-23)19-32(4)16-6-9-26-25-15-12-22(29)18-27(25)35-30-26/h5,7-8,10-15,17-18,31H,6,9,16,19H2,1-4H3. The first-order chi connectivity index (χ1) is 17.0. The Morgan fingerprint density at radius 3 is 2.50 bits per heavy atom. The van der Waals surface area contributed by atoms with Crippen LogP contribution in [-0.2, 0) is 28.4 Å². The molecule has 0 aliphatic carbocycles. The van der Waals surface area contributed by atoms with Crippen LogP contribution in [-0.4, -0.2) is 32.1 Å². The van der Waals surface area contributed by atoms with Crippen molar-refractivity contribution in [2.24, 2.45) is 0 Å². The molecule has 0 saturated heterocycles. The van der Waals surface area contributed by atoms with Crippen molar-refractivity contribution in [3.05, 3.63) is 89.4 Å². The van der Waals surface area contributed by atoms with Crippen LogP contribution >= 0.6 is 0 Å². The zero-order chi connectivity index (χ0) is 25.9. The van der Waals surface area contributed by atoms with Crippen LogP contribution in [0.1, 0.15) is 44.0 Å². The summed E-state index contributed by atoms with van der Waals surface area (Å²) in [6, 6.07) is 18.9. The molecular weight excluding hydrogens is 477 g/mol. The predicted molar refractivity (Wildman–Crippen MR) is 141 cm³/mol. The van der Waals surface area contributed by atoms with E-state index in [1.807, 2.05) is 37.4 Å². The number of sulfonamides is 1. The van der Waals surface area contributed by atoms with Crippen LogP contribution in [0.4, 0.5) is 10.1 Å². The Kier molecular flexibility index (Phi) is 7.47. The molecule has 0 aliphatic rings. The number of hydrogen-bond donors (Lipinski definition) is 1. The average Bonchev–Trinajstić information content (AvgIpc) is 3.20. The van der Waals surface area contributed by atoms with Crippen LogP contribution in [0.2, 0.25) is 0 Å². The minimum atomic E-state index is -3.68. The van der Waals surface area contributed by atoms with Gasteiger partial charge in [0.05, 0.1) is 10.6 Å². The van der Waals surface area contributed by atoms with Gasteiger partial charge < -0.3 is 9.42 Å². The Hall–Kier alpha value is -3.23. The number of hydrogen-bond acceptors (Lipinski definition) is 5. The first-order valence-electron chi connectivity index (χ1n) is 12.0.